The number of nitrogens with zero attached hydrogens (tertiary/aromatic N) is 1. The van der Waals surface area contributed by atoms with Crippen molar-refractivity contribution in [2.45, 2.75) is 37.1 Å². The van der Waals surface area contributed by atoms with E-state index < -0.39 is 16.4 Å². The zero-order valence-corrected chi connectivity index (χ0v) is 12.8. The minimum absolute atomic E-state index is 0.275. The van der Waals surface area contributed by atoms with Gasteiger partial charge in [0.25, 0.3) is 0 Å². The van der Waals surface area contributed by atoms with Crippen LogP contribution in [0.4, 0.5) is 15.8 Å². The summed E-state index contributed by atoms with van der Waals surface area (Å²) in [6.07, 6.45) is 2.89. The number of rotatable bonds is 6. The van der Waals surface area contributed by atoms with Gasteiger partial charge < -0.3 is 10.6 Å². The summed E-state index contributed by atoms with van der Waals surface area (Å²) in [4.78, 5) is 11.0. The van der Waals surface area contributed by atoms with E-state index in [0.717, 1.165) is 43.0 Å². The van der Waals surface area contributed by atoms with E-state index in [1.807, 2.05) is 0 Å². The molecule has 0 saturated carbocycles. The molecule has 1 aliphatic heterocycles. The Labute approximate surface area is 127 Å². The molecule has 1 aromatic carbocycles. The van der Waals surface area contributed by atoms with Crippen molar-refractivity contribution in [3.63, 3.8) is 0 Å². The van der Waals surface area contributed by atoms with Crippen molar-refractivity contribution in [2.75, 3.05) is 24.2 Å². The molecule has 0 spiro atoms. The first-order valence-corrected chi connectivity index (χ1v) is 8.18. The maximum absolute atomic E-state index is 13.8. The maximum atomic E-state index is 13.8. The number of benzene rings is 1. The minimum atomic E-state index is -0.769. The summed E-state index contributed by atoms with van der Waals surface area (Å²) in [7, 11) is 0. The Hall–Kier alpha value is -1.34. The van der Waals surface area contributed by atoms with Gasteiger partial charge in [0.15, 0.2) is 0 Å². The Morgan fingerprint density at radius 3 is 2.81 bits per heavy atom. The molecule has 0 amide bonds. The molecule has 1 fully saturated rings. The predicted octanol–water partition coefficient (Wildman–Crippen LogP) is 3.40. The summed E-state index contributed by atoms with van der Waals surface area (Å²) in [5.74, 6) is 0.0903. The molecule has 1 saturated heterocycles. The topological polar surface area (TPSA) is 67.2 Å². The standard InChI is InChI=1S/C14H20FN3O2S/c1-2-7-21-14-8-11(15)13(18(19)20)9-12(14)17-10-3-5-16-6-4-10/h8-10,16-17H,2-7H2,1H3. The van der Waals surface area contributed by atoms with Crippen molar-refractivity contribution >= 4 is 23.1 Å². The minimum Gasteiger partial charge on any atom is -0.381 e. The molecule has 2 N–H and O–H groups in total. The second-order valence-electron chi connectivity index (χ2n) is 5.07. The van der Waals surface area contributed by atoms with Crippen LogP contribution in [-0.4, -0.2) is 29.8 Å². The second-order valence-corrected chi connectivity index (χ2v) is 6.21. The van der Waals surface area contributed by atoms with Gasteiger partial charge >= 0.3 is 5.69 Å². The van der Waals surface area contributed by atoms with Crippen LogP contribution in [0, 0.1) is 15.9 Å². The number of nitrogens with one attached hydrogen (secondary N) is 2. The summed E-state index contributed by atoms with van der Waals surface area (Å²) >= 11 is 1.53. The van der Waals surface area contributed by atoms with E-state index in [1.165, 1.54) is 23.9 Å². The fourth-order valence-corrected chi connectivity index (χ4v) is 3.20. The highest BCUT2D eigenvalue weighted by molar-refractivity contribution is 7.99. The third-order valence-electron chi connectivity index (χ3n) is 3.41. The number of thioether (sulfide) groups is 1. The van der Waals surface area contributed by atoms with Crippen molar-refractivity contribution in [1.82, 2.24) is 5.32 Å². The lowest BCUT2D eigenvalue weighted by molar-refractivity contribution is -0.387. The lowest BCUT2D eigenvalue weighted by Gasteiger charge is -2.25. The van der Waals surface area contributed by atoms with E-state index in [2.05, 4.69) is 17.6 Å². The first-order valence-electron chi connectivity index (χ1n) is 7.19. The van der Waals surface area contributed by atoms with Crippen LogP contribution in [-0.2, 0) is 0 Å². The molecule has 7 heteroatoms. The molecule has 1 aliphatic rings. The summed E-state index contributed by atoms with van der Waals surface area (Å²) in [5.41, 5.74) is 0.209. The van der Waals surface area contributed by atoms with Crippen LogP contribution < -0.4 is 10.6 Å². The van der Waals surface area contributed by atoms with Gasteiger partial charge in [-0.05, 0) is 44.2 Å². The Morgan fingerprint density at radius 2 is 2.19 bits per heavy atom. The van der Waals surface area contributed by atoms with Gasteiger partial charge in [0.05, 0.1) is 10.6 Å². The molecule has 0 bridgehead atoms. The number of halogens is 1. The van der Waals surface area contributed by atoms with Crippen molar-refractivity contribution in [3.05, 3.63) is 28.1 Å². The third kappa shape index (κ3) is 4.31. The van der Waals surface area contributed by atoms with Crippen LogP contribution >= 0.6 is 11.8 Å². The molecular formula is C14H20FN3O2S. The molecular weight excluding hydrogens is 293 g/mol. The number of nitro benzene ring substituents is 1. The number of hydrogen-bond donors (Lipinski definition) is 2. The van der Waals surface area contributed by atoms with E-state index >= 15 is 0 Å². The number of piperidine rings is 1. The van der Waals surface area contributed by atoms with Crippen LogP contribution in [0.1, 0.15) is 26.2 Å². The van der Waals surface area contributed by atoms with Gasteiger partial charge in [-0.15, -0.1) is 11.8 Å². The molecule has 0 unspecified atom stereocenters. The summed E-state index contributed by atoms with van der Waals surface area (Å²) in [6.45, 7) is 3.91. The number of hydrogen-bond acceptors (Lipinski definition) is 5. The van der Waals surface area contributed by atoms with Crippen LogP contribution in [0.15, 0.2) is 17.0 Å². The van der Waals surface area contributed by atoms with Gasteiger partial charge in [-0.25, -0.2) is 0 Å². The quantitative estimate of drug-likeness (QED) is 0.478. The predicted molar refractivity (Wildman–Crippen MR) is 83.6 cm³/mol. The molecule has 0 radical (unpaired) electrons. The zero-order chi connectivity index (χ0) is 15.2. The first kappa shape index (κ1) is 16.0. The molecule has 0 aliphatic carbocycles. The highest BCUT2D eigenvalue weighted by atomic mass is 32.2. The van der Waals surface area contributed by atoms with E-state index in [4.69, 9.17) is 0 Å². The van der Waals surface area contributed by atoms with E-state index in [1.54, 1.807) is 0 Å². The monoisotopic (exact) mass is 313 g/mol. The average molecular weight is 313 g/mol. The van der Waals surface area contributed by atoms with E-state index in [0.29, 0.717) is 5.69 Å². The highest BCUT2D eigenvalue weighted by Gasteiger charge is 2.21. The average Bonchev–Trinajstić information content (AvgIpc) is 2.48. The van der Waals surface area contributed by atoms with Gasteiger partial charge in [-0.2, -0.15) is 4.39 Å². The smallest absolute Gasteiger partial charge is 0.306 e. The second kappa shape index (κ2) is 7.61. The zero-order valence-electron chi connectivity index (χ0n) is 12.0. The van der Waals surface area contributed by atoms with Crippen LogP contribution in [0.3, 0.4) is 0 Å². The lowest BCUT2D eigenvalue weighted by atomic mass is 10.1. The third-order valence-corrected chi connectivity index (χ3v) is 4.67. The molecule has 0 aromatic heterocycles. The Morgan fingerprint density at radius 1 is 1.48 bits per heavy atom. The van der Waals surface area contributed by atoms with Crippen molar-refractivity contribution in [2.24, 2.45) is 0 Å². The van der Waals surface area contributed by atoms with Gasteiger partial charge in [0.2, 0.25) is 5.82 Å². The molecule has 1 heterocycles. The van der Waals surface area contributed by atoms with Crippen LogP contribution in [0.2, 0.25) is 0 Å². The van der Waals surface area contributed by atoms with Crippen LogP contribution in [0.5, 0.6) is 0 Å². The van der Waals surface area contributed by atoms with E-state index in [9.17, 15) is 14.5 Å². The molecule has 21 heavy (non-hydrogen) atoms. The van der Waals surface area contributed by atoms with Crippen molar-refractivity contribution in [3.8, 4) is 0 Å². The van der Waals surface area contributed by atoms with E-state index in [-0.39, 0.29) is 6.04 Å². The Bertz CT molecular complexity index is 507. The normalized spacial score (nSPS) is 15.9. The molecule has 5 nitrogen and oxygen atoms in total. The highest BCUT2D eigenvalue weighted by Crippen LogP contribution is 2.34. The molecule has 1 aromatic rings. The van der Waals surface area contributed by atoms with Crippen molar-refractivity contribution < 1.29 is 9.31 Å². The summed E-state index contributed by atoms with van der Waals surface area (Å²) in [6, 6.07) is 2.88. The SMILES string of the molecule is CCCSc1cc(F)c([N+](=O)[O-])cc1NC1CCNCC1. The van der Waals surface area contributed by atoms with Gasteiger partial charge in [-0.3, -0.25) is 10.1 Å². The molecule has 0 atom stereocenters. The fourth-order valence-electron chi connectivity index (χ4n) is 2.31. The van der Waals surface area contributed by atoms with Gasteiger partial charge in [0, 0.05) is 17.0 Å². The summed E-state index contributed by atoms with van der Waals surface area (Å²) in [5, 5.41) is 17.5. The Kier molecular flexibility index (Phi) is 5.81. The van der Waals surface area contributed by atoms with Crippen LogP contribution in [0.25, 0.3) is 0 Å². The number of anilines is 1. The lowest BCUT2D eigenvalue weighted by Crippen LogP contribution is -2.35. The van der Waals surface area contributed by atoms with Crippen molar-refractivity contribution in [1.29, 1.82) is 0 Å². The summed E-state index contributed by atoms with van der Waals surface area (Å²) < 4.78 is 13.8. The number of nitro groups is 1. The first-order chi connectivity index (χ1) is 10.1. The maximum Gasteiger partial charge on any atom is 0.306 e. The Balaban J connectivity index is 2.24. The molecule has 116 valence electrons. The van der Waals surface area contributed by atoms with Gasteiger partial charge in [0.1, 0.15) is 0 Å². The largest absolute Gasteiger partial charge is 0.381 e. The van der Waals surface area contributed by atoms with Gasteiger partial charge in [-0.1, -0.05) is 6.92 Å². The molecule has 2 rings (SSSR count). The fraction of sp³-hybridized carbons (Fsp3) is 0.571.